The first kappa shape index (κ1) is 13.5. The number of sulfonamides is 1. The van der Waals surface area contributed by atoms with E-state index in [1.807, 2.05) is 0 Å². The van der Waals surface area contributed by atoms with Crippen LogP contribution in [-0.2, 0) is 10.0 Å². The van der Waals surface area contributed by atoms with Crippen molar-refractivity contribution in [3.8, 4) is 0 Å². The Labute approximate surface area is 114 Å². The standard InChI is InChI=1S/C11H10N2O4S2/c1-13(19(16,17)10-3-2-4-18-10)9-5-8(11(14)15)6-12-7-9/h2-7H,1H3,(H,14,15). The maximum absolute atomic E-state index is 12.2. The summed E-state index contributed by atoms with van der Waals surface area (Å²) in [7, 11) is -2.31. The van der Waals surface area contributed by atoms with Gasteiger partial charge < -0.3 is 5.11 Å². The van der Waals surface area contributed by atoms with Crippen molar-refractivity contribution in [3.63, 3.8) is 0 Å². The Morgan fingerprint density at radius 2 is 2.16 bits per heavy atom. The summed E-state index contributed by atoms with van der Waals surface area (Å²) >= 11 is 1.10. The monoisotopic (exact) mass is 298 g/mol. The lowest BCUT2D eigenvalue weighted by molar-refractivity contribution is 0.0696. The molecule has 0 aliphatic heterocycles. The number of thiophene rings is 1. The summed E-state index contributed by atoms with van der Waals surface area (Å²) in [6.45, 7) is 0. The smallest absolute Gasteiger partial charge is 0.337 e. The zero-order chi connectivity index (χ0) is 14.0. The number of nitrogens with zero attached hydrogens (tertiary/aromatic N) is 2. The molecule has 2 aromatic rings. The largest absolute Gasteiger partial charge is 0.478 e. The van der Waals surface area contributed by atoms with Crippen molar-refractivity contribution in [1.82, 2.24) is 4.98 Å². The summed E-state index contributed by atoms with van der Waals surface area (Å²) < 4.78 is 25.7. The summed E-state index contributed by atoms with van der Waals surface area (Å²) in [5, 5.41) is 10.5. The molecule has 2 rings (SSSR count). The fraction of sp³-hybridized carbons (Fsp3) is 0.0909. The Bertz CT molecular complexity index is 695. The van der Waals surface area contributed by atoms with Gasteiger partial charge in [0.1, 0.15) is 4.21 Å². The van der Waals surface area contributed by atoms with Crippen molar-refractivity contribution in [2.45, 2.75) is 4.21 Å². The summed E-state index contributed by atoms with van der Waals surface area (Å²) in [5.74, 6) is -1.16. The third-order valence-electron chi connectivity index (χ3n) is 2.44. The molecule has 1 N–H and O–H groups in total. The molecule has 0 unspecified atom stereocenters. The molecule has 0 saturated carbocycles. The fourth-order valence-electron chi connectivity index (χ4n) is 1.40. The van der Waals surface area contributed by atoms with Crippen molar-refractivity contribution in [3.05, 3.63) is 41.5 Å². The SMILES string of the molecule is CN(c1cncc(C(=O)O)c1)S(=O)(=O)c1cccs1. The van der Waals surface area contributed by atoms with E-state index < -0.39 is 16.0 Å². The minimum absolute atomic E-state index is 0.0641. The van der Waals surface area contributed by atoms with Crippen LogP contribution in [0.15, 0.2) is 40.2 Å². The van der Waals surface area contributed by atoms with Crippen LogP contribution in [0.4, 0.5) is 5.69 Å². The summed E-state index contributed by atoms with van der Waals surface area (Å²) in [5.41, 5.74) is 0.138. The number of carbonyl (C=O) groups is 1. The molecule has 0 bridgehead atoms. The molecule has 8 heteroatoms. The first-order chi connectivity index (χ1) is 8.93. The molecule has 2 aromatic heterocycles. The zero-order valence-electron chi connectivity index (χ0n) is 9.85. The number of pyridine rings is 1. The molecule has 6 nitrogen and oxygen atoms in total. The number of aromatic nitrogens is 1. The molecule has 0 spiro atoms. The van der Waals surface area contributed by atoms with E-state index >= 15 is 0 Å². The van der Waals surface area contributed by atoms with E-state index in [-0.39, 0.29) is 15.5 Å². The van der Waals surface area contributed by atoms with Crippen molar-refractivity contribution in [2.75, 3.05) is 11.4 Å². The van der Waals surface area contributed by atoms with Crippen LogP contribution in [0.3, 0.4) is 0 Å². The molecule has 0 amide bonds. The Morgan fingerprint density at radius 3 is 2.74 bits per heavy atom. The second-order valence-electron chi connectivity index (χ2n) is 3.64. The van der Waals surface area contributed by atoms with Crippen molar-refractivity contribution >= 4 is 33.0 Å². The van der Waals surface area contributed by atoms with Crippen LogP contribution in [0.1, 0.15) is 10.4 Å². The van der Waals surface area contributed by atoms with Gasteiger partial charge in [-0.25, -0.2) is 13.2 Å². The van der Waals surface area contributed by atoms with Crippen molar-refractivity contribution in [2.24, 2.45) is 0 Å². The first-order valence-corrected chi connectivity index (χ1v) is 7.45. The Balaban J connectivity index is 2.42. The Kier molecular flexibility index (Phi) is 3.54. The van der Waals surface area contributed by atoms with E-state index in [1.54, 1.807) is 11.4 Å². The first-order valence-electron chi connectivity index (χ1n) is 5.13. The van der Waals surface area contributed by atoms with Crippen LogP contribution in [-0.4, -0.2) is 31.5 Å². The second-order valence-corrected chi connectivity index (χ2v) is 6.79. The highest BCUT2D eigenvalue weighted by Gasteiger charge is 2.23. The molecule has 2 heterocycles. The van der Waals surface area contributed by atoms with Gasteiger partial charge in [-0.15, -0.1) is 11.3 Å². The molecule has 0 aliphatic rings. The van der Waals surface area contributed by atoms with Crippen molar-refractivity contribution < 1.29 is 18.3 Å². The molecule has 0 fully saturated rings. The van der Waals surface area contributed by atoms with Crippen LogP contribution >= 0.6 is 11.3 Å². The lowest BCUT2D eigenvalue weighted by Gasteiger charge is -2.18. The predicted octanol–water partition coefficient (Wildman–Crippen LogP) is 1.67. The summed E-state index contributed by atoms with van der Waals surface area (Å²) in [6.07, 6.45) is 2.47. The summed E-state index contributed by atoms with van der Waals surface area (Å²) in [6, 6.07) is 4.39. The minimum Gasteiger partial charge on any atom is -0.478 e. The van der Waals surface area contributed by atoms with Gasteiger partial charge in [-0.1, -0.05) is 6.07 Å². The number of carboxylic acid groups (broad SMARTS) is 1. The van der Waals surface area contributed by atoms with E-state index in [9.17, 15) is 13.2 Å². The van der Waals surface area contributed by atoms with E-state index in [2.05, 4.69) is 4.98 Å². The number of hydrogen-bond donors (Lipinski definition) is 1. The van der Waals surface area contributed by atoms with E-state index in [4.69, 9.17) is 5.11 Å². The molecule has 0 atom stereocenters. The normalized spacial score (nSPS) is 11.2. The van der Waals surface area contributed by atoms with Gasteiger partial charge >= 0.3 is 5.97 Å². The Morgan fingerprint density at radius 1 is 1.42 bits per heavy atom. The van der Waals surface area contributed by atoms with E-state index in [0.717, 1.165) is 21.8 Å². The van der Waals surface area contributed by atoms with Gasteiger partial charge in [0.25, 0.3) is 10.0 Å². The highest BCUT2D eigenvalue weighted by molar-refractivity contribution is 7.94. The number of aromatic carboxylic acids is 1. The second kappa shape index (κ2) is 4.98. The lowest BCUT2D eigenvalue weighted by atomic mass is 10.3. The quantitative estimate of drug-likeness (QED) is 0.927. The Hall–Kier alpha value is -1.93. The zero-order valence-corrected chi connectivity index (χ0v) is 11.5. The predicted molar refractivity (Wildman–Crippen MR) is 71.1 cm³/mol. The molecule has 19 heavy (non-hydrogen) atoms. The van der Waals surface area contributed by atoms with Gasteiger partial charge in [0.2, 0.25) is 0 Å². The highest BCUT2D eigenvalue weighted by Crippen LogP contribution is 2.24. The highest BCUT2D eigenvalue weighted by atomic mass is 32.2. The van der Waals surface area contributed by atoms with Gasteiger partial charge in [0, 0.05) is 13.2 Å². The third kappa shape index (κ3) is 2.59. The molecule has 0 aliphatic carbocycles. The van der Waals surface area contributed by atoms with Crippen LogP contribution in [0.2, 0.25) is 0 Å². The van der Waals surface area contributed by atoms with Gasteiger partial charge in [-0.05, 0) is 17.5 Å². The van der Waals surface area contributed by atoms with Crippen LogP contribution in [0, 0.1) is 0 Å². The van der Waals surface area contributed by atoms with Gasteiger partial charge in [-0.2, -0.15) is 0 Å². The maximum Gasteiger partial charge on any atom is 0.337 e. The lowest BCUT2D eigenvalue weighted by Crippen LogP contribution is -2.26. The third-order valence-corrected chi connectivity index (χ3v) is 5.60. The number of rotatable bonds is 4. The fourth-order valence-corrected chi connectivity index (χ4v) is 3.74. The molecule has 100 valence electrons. The number of anilines is 1. The van der Waals surface area contributed by atoms with Gasteiger partial charge in [0.15, 0.2) is 0 Å². The number of hydrogen-bond acceptors (Lipinski definition) is 5. The summed E-state index contributed by atoms with van der Waals surface area (Å²) in [4.78, 5) is 14.6. The molecular formula is C11H10N2O4S2. The average molecular weight is 298 g/mol. The average Bonchev–Trinajstić information content (AvgIpc) is 2.92. The topological polar surface area (TPSA) is 87.6 Å². The van der Waals surface area contributed by atoms with Crippen molar-refractivity contribution in [1.29, 1.82) is 0 Å². The maximum atomic E-state index is 12.2. The van der Waals surface area contributed by atoms with Crippen LogP contribution in [0.5, 0.6) is 0 Å². The van der Waals surface area contributed by atoms with Gasteiger partial charge in [-0.3, -0.25) is 9.29 Å². The van der Waals surface area contributed by atoms with Gasteiger partial charge in [0.05, 0.1) is 17.4 Å². The number of carboxylic acids is 1. The van der Waals surface area contributed by atoms with Crippen LogP contribution < -0.4 is 4.31 Å². The van der Waals surface area contributed by atoms with E-state index in [0.29, 0.717) is 0 Å². The molecule has 0 saturated heterocycles. The molecular weight excluding hydrogens is 288 g/mol. The van der Waals surface area contributed by atoms with E-state index in [1.165, 1.54) is 25.4 Å². The minimum atomic E-state index is -3.67. The molecule has 0 radical (unpaired) electrons. The molecule has 0 aromatic carbocycles. The van der Waals surface area contributed by atoms with Crippen LogP contribution in [0.25, 0.3) is 0 Å².